The highest BCUT2D eigenvalue weighted by atomic mass is 19.1. The molecule has 4 saturated heterocycles. The maximum atomic E-state index is 17.1. The topological polar surface area (TPSA) is 200 Å². The van der Waals surface area contributed by atoms with Crippen LogP contribution in [0.15, 0.2) is 60.4 Å². The quantitative estimate of drug-likeness (QED) is 0.0728. The molecule has 22 heteroatoms. The van der Waals surface area contributed by atoms with Gasteiger partial charge in [0.2, 0.25) is 11.8 Å². The lowest BCUT2D eigenvalue weighted by molar-refractivity contribution is -0.138. The maximum Gasteiger partial charge on any atom is 0.407 e. The molecule has 1 unspecified atom stereocenters. The number of nitrogens with zero attached hydrogens (tertiary/aromatic N) is 6. The van der Waals surface area contributed by atoms with Crippen LogP contribution in [0.1, 0.15) is 123 Å². The molecular weight excluding hydrogens is 1030 g/mol. The fourth-order valence-electron chi connectivity index (χ4n) is 12.7. The summed E-state index contributed by atoms with van der Waals surface area (Å²) in [7, 11) is 5.27. The van der Waals surface area contributed by atoms with Crippen LogP contribution in [-0.2, 0) is 35.0 Å². The van der Waals surface area contributed by atoms with Crippen LogP contribution in [0, 0.1) is 23.4 Å². The van der Waals surface area contributed by atoms with Gasteiger partial charge in [0.15, 0.2) is 11.6 Å². The first-order chi connectivity index (χ1) is 38.1. The minimum atomic E-state index is -1.07. The van der Waals surface area contributed by atoms with E-state index in [1.807, 2.05) is 18.2 Å². The molecule has 6 heterocycles. The molecule has 79 heavy (non-hydrogen) atoms. The predicted octanol–water partition coefficient (Wildman–Crippen LogP) is 8.83. The second kappa shape index (κ2) is 23.3. The molecule has 10 rings (SSSR count). The Morgan fingerprint density at radius 1 is 0.671 bits per heavy atom. The molecule has 4 amide bonds. The van der Waals surface area contributed by atoms with Gasteiger partial charge in [-0.15, -0.1) is 0 Å². The number of hydrogen-bond donors (Lipinski definition) is 4. The van der Waals surface area contributed by atoms with Crippen molar-refractivity contribution in [1.82, 2.24) is 40.4 Å². The number of likely N-dealkylation sites (tertiary alicyclic amines) is 2. The summed E-state index contributed by atoms with van der Waals surface area (Å²) < 4.78 is 88.3. The molecule has 2 aromatic heterocycles. The Bertz CT molecular complexity index is 3070. The number of amides is 4. The molecule has 9 atom stereocenters. The van der Waals surface area contributed by atoms with Gasteiger partial charge < -0.3 is 59.1 Å². The number of fused-ring (bicyclic) bond motifs is 2. The predicted molar refractivity (Wildman–Crippen MR) is 285 cm³/mol. The summed E-state index contributed by atoms with van der Waals surface area (Å²) in [6.45, 7) is 4.92. The highest BCUT2D eigenvalue weighted by molar-refractivity contribution is 5.88. The first-order valence-corrected chi connectivity index (χ1v) is 27.2. The van der Waals surface area contributed by atoms with Crippen molar-refractivity contribution < 1.29 is 55.7 Å². The summed E-state index contributed by atoms with van der Waals surface area (Å²) in [6, 6.07) is 10.8. The van der Waals surface area contributed by atoms with Crippen LogP contribution < -0.4 is 20.4 Å². The average Bonchev–Trinajstić information content (AvgIpc) is 4.52. The van der Waals surface area contributed by atoms with Gasteiger partial charge in [0.05, 0.1) is 61.3 Å². The summed E-state index contributed by atoms with van der Waals surface area (Å²) in [4.78, 5) is 75.8. The highest BCUT2D eigenvalue weighted by Crippen LogP contribution is 2.49. The van der Waals surface area contributed by atoms with Gasteiger partial charge in [0.25, 0.3) is 0 Å². The van der Waals surface area contributed by atoms with E-state index in [9.17, 15) is 19.2 Å². The number of halogens is 4. The number of piperidine rings is 1. The number of aromatic nitrogens is 4. The van der Waals surface area contributed by atoms with Gasteiger partial charge >= 0.3 is 12.2 Å². The first kappa shape index (κ1) is 55.1. The van der Waals surface area contributed by atoms with Crippen LogP contribution in [0.4, 0.5) is 38.5 Å². The third kappa shape index (κ3) is 10.8. The zero-order valence-corrected chi connectivity index (χ0v) is 45.2. The van der Waals surface area contributed by atoms with Crippen LogP contribution in [0.3, 0.4) is 0 Å². The monoisotopic (exact) mass is 1100 g/mol. The first-order valence-electron chi connectivity index (χ1n) is 27.2. The Morgan fingerprint density at radius 2 is 1.25 bits per heavy atom. The van der Waals surface area contributed by atoms with Gasteiger partial charge in [-0.2, -0.15) is 0 Å². The number of carbonyl (C=O) groups is 4. The van der Waals surface area contributed by atoms with Crippen LogP contribution in [0.5, 0.6) is 0 Å². The minimum absolute atomic E-state index is 0.104. The van der Waals surface area contributed by atoms with Gasteiger partial charge in [-0.1, -0.05) is 30.3 Å². The van der Waals surface area contributed by atoms with Crippen LogP contribution in [0.2, 0.25) is 0 Å². The molecule has 5 aliphatic rings. The number of imidazole rings is 2. The van der Waals surface area contributed by atoms with E-state index in [1.165, 1.54) is 58.3 Å². The summed E-state index contributed by atoms with van der Waals surface area (Å²) in [6.07, 6.45) is 2.83. The number of nitrogens with one attached hydrogen (secondary N) is 4. The molecule has 3 aromatic carbocycles. The molecule has 422 valence electrons. The third-order valence-corrected chi connectivity index (χ3v) is 17.0. The summed E-state index contributed by atoms with van der Waals surface area (Å²) in [5.74, 6) is -3.29. The van der Waals surface area contributed by atoms with E-state index in [2.05, 4.69) is 32.7 Å². The minimum Gasteiger partial charge on any atom is -0.453 e. The van der Waals surface area contributed by atoms with Crippen molar-refractivity contribution in [2.45, 2.75) is 126 Å². The molecule has 0 spiro atoms. The number of carbonyl (C=O) groups excluding carboxylic acids is 4. The normalized spacial score (nSPS) is 23.1. The Hall–Kier alpha value is -7.20. The van der Waals surface area contributed by atoms with Gasteiger partial charge in [-0.05, 0) is 101 Å². The number of benzene rings is 3. The smallest absolute Gasteiger partial charge is 0.407 e. The summed E-state index contributed by atoms with van der Waals surface area (Å²) in [5.41, 5.74) is 3.06. The third-order valence-electron chi connectivity index (χ3n) is 17.0. The molecule has 4 N–H and O–H groups in total. The van der Waals surface area contributed by atoms with Crippen molar-refractivity contribution in [3.63, 3.8) is 0 Å². The van der Waals surface area contributed by atoms with E-state index < -0.39 is 102 Å². The van der Waals surface area contributed by atoms with Gasteiger partial charge in [0.1, 0.15) is 41.1 Å². The lowest BCUT2D eigenvalue weighted by Gasteiger charge is -2.38. The Labute approximate surface area is 455 Å². The molecule has 0 bridgehead atoms. The number of ether oxygens (including phenoxy) is 4. The van der Waals surface area contributed by atoms with Gasteiger partial charge in [-0.25, -0.2) is 37.1 Å². The molecule has 0 saturated carbocycles. The van der Waals surface area contributed by atoms with E-state index in [4.69, 9.17) is 28.9 Å². The lowest BCUT2D eigenvalue weighted by atomic mass is 9.87. The number of alkyl carbamates (subject to hydrolysis) is 2. The summed E-state index contributed by atoms with van der Waals surface area (Å²) >= 11 is 0. The van der Waals surface area contributed by atoms with Crippen LogP contribution >= 0.6 is 0 Å². The second-order valence-electron chi connectivity index (χ2n) is 21.3. The lowest BCUT2D eigenvalue weighted by Crippen LogP contribution is -2.54. The highest BCUT2D eigenvalue weighted by Gasteiger charge is 2.46. The number of H-pyrrole nitrogens is 2. The van der Waals surface area contributed by atoms with E-state index in [0.717, 1.165) is 0 Å². The van der Waals surface area contributed by atoms with Gasteiger partial charge in [0, 0.05) is 81.8 Å². The fraction of sp³-hybridized carbons (Fsp3) is 0.509. The molecule has 4 fully saturated rings. The largest absolute Gasteiger partial charge is 0.453 e. The Morgan fingerprint density at radius 3 is 1.82 bits per heavy atom. The number of anilines is 2. The van der Waals surface area contributed by atoms with Crippen LogP contribution in [0.25, 0.3) is 17.1 Å². The zero-order chi connectivity index (χ0) is 55.8. The summed E-state index contributed by atoms with van der Waals surface area (Å²) in [5, 5.41) is 5.17. The van der Waals surface area contributed by atoms with Crippen molar-refractivity contribution >= 4 is 52.5 Å². The second-order valence-corrected chi connectivity index (χ2v) is 21.3. The van der Waals surface area contributed by atoms with Gasteiger partial charge in [-0.3, -0.25) is 9.59 Å². The molecule has 1 aliphatic carbocycles. The average molecular weight is 1100 g/mol. The number of rotatable bonds is 15. The Kier molecular flexibility index (Phi) is 16.2. The van der Waals surface area contributed by atoms with Crippen LogP contribution in [-0.4, -0.2) is 139 Å². The SMILES string of the molecule is COC(=O)N[C@H](C(=O)N1CCC[C@H]1c1nc2c([nH]1)CC([C@H]1CC[C@H](c3cc4[nH]c([C@@H]5CCCN5C(=O)[C@@H](NC(=O)OC)[C@@H](C)OC)nc4cc3F)N1c1cc(F)c(N3CCC(c4ccccc4)CC3)c(F)c1)C(F)=C2)[C@@H](C)OC. The van der Waals surface area contributed by atoms with E-state index in [-0.39, 0.29) is 35.7 Å². The number of aromatic amines is 2. The van der Waals surface area contributed by atoms with Crippen molar-refractivity contribution in [2.24, 2.45) is 5.92 Å². The van der Waals surface area contributed by atoms with Crippen molar-refractivity contribution in [3.8, 4) is 0 Å². The Balaban J connectivity index is 0.965. The maximum absolute atomic E-state index is 17.1. The fourth-order valence-corrected chi connectivity index (χ4v) is 12.7. The molecular formula is C57H68F4N10O8. The molecule has 18 nitrogen and oxygen atoms in total. The molecule has 4 aliphatic heterocycles. The van der Waals surface area contributed by atoms with E-state index in [1.54, 1.807) is 39.5 Å². The van der Waals surface area contributed by atoms with Crippen molar-refractivity contribution in [2.75, 3.05) is 64.4 Å². The number of hydrogen-bond acceptors (Lipinski definition) is 12. The van der Waals surface area contributed by atoms with Crippen molar-refractivity contribution in [3.05, 3.63) is 112 Å². The number of methoxy groups -OCH3 is 4. The van der Waals surface area contributed by atoms with E-state index >= 15 is 17.6 Å². The molecule has 5 aromatic rings. The standard InChI is InChI=1S/C57H68F4N10O8/c1-30(76-3)49(66-56(74)78-5)54(72)69-20-10-14-47(69)52-62-41-26-35(37(58)28-43(41)64-52)45-16-17-46(71(45)34-24-39(60)51(40(61)25-34)68-22-18-33(19-23-68)32-12-8-7-9-13-32)36-27-42-44(29-38(36)59)65-53(63-42)48-15-11-21-70(48)55(73)50(31(2)77-4)67-57(75)79-6/h7-9,12-13,24-26,28-31,33,36,45-50H,10-11,14-23,27H2,1-6H3,(H,62,64)(H,63,65)(H,66,74)(H,67,75)/t30-,31-,36?,45-,46-,47+,48+,49+,50+/m1/s1. The molecule has 0 radical (unpaired) electrons. The van der Waals surface area contributed by atoms with E-state index in [0.29, 0.717) is 105 Å². The zero-order valence-electron chi connectivity index (χ0n) is 45.2. The van der Waals surface area contributed by atoms with Crippen molar-refractivity contribution in [1.29, 1.82) is 0 Å².